The number of amidine groups is 1. The van der Waals surface area contributed by atoms with Crippen LogP contribution in [0.2, 0.25) is 0 Å². The van der Waals surface area contributed by atoms with Crippen LogP contribution in [0, 0.1) is 17.7 Å². The van der Waals surface area contributed by atoms with Gasteiger partial charge >= 0.3 is 0 Å². The van der Waals surface area contributed by atoms with Crippen LogP contribution in [0.15, 0.2) is 35.6 Å². The molecule has 1 aliphatic heterocycles. The number of nitrogens with zero attached hydrogens (tertiary/aromatic N) is 3. The Morgan fingerprint density at radius 3 is 2.76 bits per heavy atom. The molecular weight excluding hydrogens is 446 g/mol. The lowest BCUT2D eigenvalue weighted by atomic mass is 10.0. The van der Waals surface area contributed by atoms with Crippen molar-refractivity contribution in [2.45, 2.75) is 51.0 Å². The molecule has 2 heterocycles. The number of rotatable bonds is 6. The number of benzene rings is 1. The molecule has 6 nitrogen and oxygen atoms in total. The molecule has 2 N–H and O–H groups in total. The van der Waals surface area contributed by atoms with Crippen LogP contribution in [0.5, 0.6) is 5.88 Å². The molecule has 1 aromatic carbocycles. The lowest BCUT2D eigenvalue weighted by Gasteiger charge is -2.31. The highest BCUT2D eigenvalue weighted by Gasteiger charge is 2.37. The van der Waals surface area contributed by atoms with Gasteiger partial charge in [0.05, 0.1) is 28.9 Å². The molecular formula is C24H26F2N4O2S. The van der Waals surface area contributed by atoms with E-state index in [9.17, 15) is 13.0 Å². The van der Waals surface area contributed by atoms with Crippen molar-refractivity contribution in [3.8, 4) is 17.7 Å². The van der Waals surface area contributed by atoms with Crippen molar-refractivity contribution in [3.05, 3.63) is 53.2 Å². The topological polar surface area (TPSA) is 90.5 Å². The molecule has 0 radical (unpaired) electrons. The second-order valence-corrected chi connectivity index (χ2v) is 10.0. The summed E-state index contributed by atoms with van der Waals surface area (Å²) < 4.78 is 46.7. The van der Waals surface area contributed by atoms with Crippen LogP contribution < -0.4 is 10.5 Å². The van der Waals surface area contributed by atoms with E-state index in [0.29, 0.717) is 12.0 Å². The number of nitrogens with two attached hydrogens (primary N) is 1. The number of aliphatic imine (C=N–C) groups is 1. The van der Waals surface area contributed by atoms with Crippen molar-refractivity contribution in [1.29, 1.82) is 0 Å². The number of hydrogen-bond acceptors (Lipinski definition) is 6. The van der Waals surface area contributed by atoms with Crippen LogP contribution in [0.3, 0.4) is 0 Å². The normalized spacial score (nSPS) is 20.9. The van der Waals surface area contributed by atoms with Crippen LogP contribution >= 0.6 is 0 Å². The maximum atomic E-state index is 14.8. The van der Waals surface area contributed by atoms with Gasteiger partial charge in [0.2, 0.25) is 5.88 Å². The zero-order valence-electron chi connectivity index (χ0n) is 18.9. The Hall–Kier alpha value is -3.12. The zero-order valence-corrected chi connectivity index (χ0v) is 19.7. The number of ether oxygens (including phenoxy) is 1. The average molecular weight is 473 g/mol. The Kier molecular flexibility index (Phi) is 7.59. The van der Waals surface area contributed by atoms with Crippen LogP contribution in [-0.2, 0) is 10.8 Å². The highest BCUT2D eigenvalue weighted by atomic mass is 32.2. The molecule has 0 bridgehead atoms. The maximum Gasteiger partial charge on any atom is 0.233 e. The van der Waals surface area contributed by atoms with Crippen molar-refractivity contribution in [2.24, 2.45) is 10.7 Å². The van der Waals surface area contributed by atoms with E-state index in [-0.39, 0.29) is 34.8 Å². The van der Waals surface area contributed by atoms with Gasteiger partial charge in [-0.15, -0.1) is 5.92 Å². The first-order chi connectivity index (χ1) is 15.6. The highest BCUT2D eigenvalue weighted by molar-refractivity contribution is 7.87. The lowest BCUT2D eigenvalue weighted by molar-refractivity contribution is 0.243. The van der Waals surface area contributed by atoms with Gasteiger partial charge < -0.3 is 10.5 Å². The molecule has 1 aromatic heterocycles. The second kappa shape index (κ2) is 10.2. The molecule has 1 aliphatic rings. The Bertz CT molecular complexity index is 1170. The number of hydrogen-bond donors (Lipinski definition) is 1. The molecule has 3 atom stereocenters. The van der Waals surface area contributed by atoms with Gasteiger partial charge in [-0.2, -0.15) is 0 Å². The summed E-state index contributed by atoms with van der Waals surface area (Å²) >= 11 is 0. The van der Waals surface area contributed by atoms with Crippen LogP contribution in [-0.4, -0.2) is 36.6 Å². The minimum Gasteiger partial charge on any atom is -0.460 e. The first kappa shape index (κ1) is 24.5. The third-order valence-electron chi connectivity index (χ3n) is 5.27. The van der Waals surface area contributed by atoms with Crippen LogP contribution in [0.1, 0.15) is 57.0 Å². The molecule has 2 aromatic rings. The Morgan fingerprint density at radius 1 is 1.39 bits per heavy atom. The smallest absolute Gasteiger partial charge is 0.233 e. The van der Waals surface area contributed by atoms with E-state index >= 15 is 0 Å². The van der Waals surface area contributed by atoms with Crippen LogP contribution in [0.25, 0.3) is 11.9 Å². The third-order valence-corrected chi connectivity index (χ3v) is 7.24. The maximum absolute atomic E-state index is 14.8. The second-order valence-electron chi connectivity index (χ2n) is 7.97. The fraction of sp³-hybridized carbons (Fsp3) is 0.375. The number of halogens is 2. The van der Waals surface area contributed by atoms with Gasteiger partial charge in [-0.05, 0) is 51.0 Å². The lowest BCUT2D eigenvalue weighted by Crippen LogP contribution is -2.47. The fourth-order valence-electron chi connectivity index (χ4n) is 3.14. The van der Waals surface area contributed by atoms with E-state index in [1.807, 2.05) is 6.92 Å². The summed E-state index contributed by atoms with van der Waals surface area (Å²) in [6.07, 6.45) is 4.17. The van der Waals surface area contributed by atoms with Gasteiger partial charge in [0, 0.05) is 16.4 Å². The van der Waals surface area contributed by atoms with E-state index in [0.717, 1.165) is 0 Å². The van der Waals surface area contributed by atoms with E-state index in [1.165, 1.54) is 36.7 Å². The van der Waals surface area contributed by atoms with Gasteiger partial charge in [-0.1, -0.05) is 18.9 Å². The predicted octanol–water partition coefficient (Wildman–Crippen LogP) is 4.20. The minimum atomic E-state index is -1.33. The molecule has 33 heavy (non-hydrogen) atoms. The SMILES string of the molecule is CC#CC(CC)Oc1cnc(/C(F)=C/c2ccc(F)c(C3CS(=O)C(C)(C)C(N)=N3)c2)cn1. The summed E-state index contributed by atoms with van der Waals surface area (Å²) in [6.45, 7) is 7.12. The molecule has 3 unspecified atom stereocenters. The van der Waals surface area contributed by atoms with Crippen molar-refractivity contribution in [1.82, 2.24) is 9.97 Å². The standard InChI is InChI=1S/C24H26F2N4O2S/c1-5-7-16(6-2)32-22-13-28-20(12-29-22)19(26)11-15-8-9-18(25)17(10-15)21-14-33(31)24(3,4)23(27)30-21/h8-13,16,21H,6,14H2,1-4H3,(H2,27,30)/b19-11-. The Morgan fingerprint density at radius 2 is 2.15 bits per heavy atom. The summed E-state index contributed by atoms with van der Waals surface area (Å²) in [7, 11) is -1.33. The zero-order chi connectivity index (χ0) is 24.2. The first-order valence-electron chi connectivity index (χ1n) is 10.5. The quantitative estimate of drug-likeness (QED) is 0.637. The van der Waals surface area contributed by atoms with Crippen molar-refractivity contribution in [2.75, 3.05) is 5.75 Å². The summed E-state index contributed by atoms with van der Waals surface area (Å²) in [5, 5.41) is 0. The molecule has 0 amide bonds. The molecule has 0 fully saturated rings. The Balaban J connectivity index is 1.83. The largest absolute Gasteiger partial charge is 0.460 e. The first-order valence-corrected chi connectivity index (χ1v) is 11.8. The fourth-order valence-corrected chi connectivity index (χ4v) is 4.38. The Labute approximate surface area is 194 Å². The van der Waals surface area contributed by atoms with E-state index in [4.69, 9.17) is 10.5 Å². The monoisotopic (exact) mass is 472 g/mol. The summed E-state index contributed by atoms with van der Waals surface area (Å²) in [5.41, 5.74) is 6.59. The van der Waals surface area contributed by atoms with Gasteiger partial charge in [0.1, 0.15) is 17.3 Å². The molecule has 174 valence electrons. The summed E-state index contributed by atoms with van der Waals surface area (Å²) in [5.74, 6) is 5.10. The third kappa shape index (κ3) is 5.63. The van der Waals surface area contributed by atoms with Crippen LogP contribution in [0.4, 0.5) is 8.78 Å². The molecule has 3 rings (SSSR count). The molecule has 0 spiro atoms. The summed E-state index contributed by atoms with van der Waals surface area (Å²) in [6, 6.07) is 3.44. The average Bonchev–Trinajstić information content (AvgIpc) is 2.79. The molecule has 0 saturated carbocycles. The predicted molar refractivity (Wildman–Crippen MR) is 127 cm³/mol. The van der Waals surface area contributed by atoms with Crippen molar-refractivity contribution >= 4 is 28.5 Å². The molecule has 0 saturated heterocycles. The van der Waals surface area contributed by atoms with Gasteiger partial charge in [-0.25, -0.2) is 18.7 Å². The molecule has 9 heteroatoms. The van der Waals surface area contributed by atoms with Crippen molar-refractivity contribution < 1.29 is 17.7 Å². The van der Waals surface area contributed by atoms with Crippen molar-refractivity contribution in [3.63, 3.8) is 0 Å². The molecule has 0 aliphatic carbocycles. The van der Waals surface area contributed by atoms with Gasteiger partial charge in [0.15, 0.2) is 11.9 Å². The van der Waals surface area contributed by atoms with E-state index in [1.54, 1.807) is 20.8 Å². The van der Waals surface area contributed by atoms with Gasteiger partial charge in [0.25, 0.3) is 0 Å². The number of aromatic nitrogens is 2. The minimum absolute atomic E-state index is 0.00522. The van der Waals surface area contributed by atoms with E-state index in [2.05, 4.69) is 26.8 Å². The highest BCUT2D eigenvalue weighted by Crippen LogP contribution is 2.32. The summed E-state index contributed by atoms with van der Waals surface area (Å²) in [4.78, 5) is 12.5. The van der Waals surface area contributed by atoms with Gasteiger partial charge in [-0.3, -0.25) is 9.20 Å². The van der Waals surface area contributed by atoms with E-state index < -0.39 is 33.2 Å².